The fourth-order valence-corrected chi connectivity index (χ4v) is 9.65. The molecule has 4 bridgehead atoms. The molecule has 2 atom stereocenters. The van der Waals surface area contributed by atoms with Crippen molar-refractivity contribution in [3.05, 3.63) is 90.5 Å². The molecule has 0 aliphatic heterocycles. The topological polar surface area (TPSA) is 37.3 Å². The molecule has 0 saturated heterocycles. The van der Waals surface area contributed by atoms with Gasteiger partial charge >= 0.3 is 5.97 Å². The van der Waals surface area contributed by atoms with E-state index in [4.69, 9.17) is 0 Å². The summed E-state index contributed by atoms with van der Waals surface area (Å²) in [5.74, 6) is 1.64. The maximum Gasteiger partial charge on any atom is 0.309 e. The molecule has 2 nitrogen and oxygen atoms in total. The van der Waals surface area contributed by atoms with Crippen LogP contribution in [0, 0.1) is 23.2 Å². The van der Waals surface area contributed by atoms with Gasteiger partial charge in [-0.05, 0) is 112 Å². The van der Waals surface area contributed by atoms with Gasteiger partial charge in [0.2, 0.25) is 0 Å². The zero-order valence-corrected chi connectivity index (χ0v) is 19.1. The molecule has 4 aliphatic rings. The first-order chi connectivity index (χ1) is 15.6. The third kappa shape index (κ3) is 3.29. The van der Waals surface area contributed by atoms with E-state index in [1.165, 1.54) is 33.1 Å². The highest BCUT2D eigenvalue weighted by Crippen LogP contribution is 2.65. The lowest BCUT2D eigenvalue weighted by Crippen LogP contribution is -2.53. The molecule has 4 aliphatic carbocycles. The van der Waals surface area contributed by atoms with Crippen molar-refractivity contribution in [1.29, 1.82) is 0 Å². The quantitative estimate of drug-likeness (QED) is 0.411. The Morgan fingerprint density at radius 1 is 0.750 bits per heavy atom. The van der Waals surface area contributed by atoms with Crippen LogP contribution in [-0.4, -0.2) is 11.1 Å². The number of carboxylic acids is 1. The molecule has 3 aromatic rings. The SMILES string of the molecule is O=C(O)C12CC3CC(C1)C(c1cccc([SH](c4ccccc4)c4ccccc4)c1)C(C3)C2. The van der Waals surface area contributed by atoms with Gasteiger partial charge in [-0.25, -0.2) is 0 Å². The fourth-order valence-electron chi connectivity index (χ4n) is 7.30. The summed E-state index contributed by atoms with van der Waals surface area (Å²) in [6, 6.07) is 31.1. The van der Waals surface area contributed by atoms with Crippen LogP contribution in [0.15, 0.2) is 99.6 Å². The van der Waals surface area contributed by atoms with Gasteiger partial charge in [-0.3, -0.25) is 4.79 Å². The van der Waals surface area contributed by atoms with Crippen LogP contribution in [0.25, 0.3) is 0 Å². The first-order valence-corrected chi connectivity index (χ1v) is 13.2. The lowest BCUT2D eigenvalue weighted by atomic mass is 9.45. The van der Waals surface area contributed by atoms with Gasteiger partial charge < -0.3 is 5.11 Å². The normalized spacial score (nSPS) is 30.8. The monoisotopic (exact) mass is 442 g/mol. The smallest absolute Gasteiger partial charge is 0.309 e. The Bertz CT molecular complexity index is 1070. The predicted octanol–water partition coefficient (Wildman–Crippen LogP) is 7.16. The van der Waals surface area contributed by atoms with Crippen LogP contribution >= 0.6 is 10.9 Å². The van der Waals surface area contributed by atoms with E-state index in [-0.39, 0.29) is 0 Å². The number of hydrogen-bond acceptors (Lipinski definition) is 1. The number of carbonyl (C=O) groups is 1. The minimum absolute atomic E-state index is 0.439. The average molecular weight is 443 g/mol. The summed E-state index contributed by atoms with van der Waals surface area (Å²) in [5, 5.41) is 10.0. The van der Waals surface area contributed by atoms with Crippen LogP contribution in [0.5, 0.6) is 0 Å². The Morgan fingerprint density at radius 3 is 1.88 bits per heavy atom. The third-order valence-corrected chi connectivity index (χ3v) is 10.7. The highest BCUT2D eigenvalue weighted by atomic mass is 32.2. The second-order valence-corrected chi connectivity index (χ2v) is 12.4. The molecule has 4 fully saturated rings. The van der Waals surface area contributed by atoms with E-state index < -0.39 is 22.3 Å². The van der Waals surface area contributed by atoms with E-state index in [9.17, 15) is 9.90 Å². The maximum atomic E-state index is 12.2. The zero-order valence-electron chi connectivity index (χ0n) is 18.2. The van der Waals surface area contributed by atoms with Crippen molar-refractivity contribution >= 4 is 16.9 Å². The number of hydrogen-bond donors (Lipinski definition) is 2. The van der Waals surface area contributed by atoms with Crippen LogP contribution in [0.2, 0.25) is 0 Å². The Morgan fingerprint density at radius 2 is 1.31 bits per heavy atom. The Hall–Kier alpha value is -2.52. The molecule has 2 unspecified atom stereocenters. The molecule has 7 rings (SSSR count). The van der Waals surface area contributed by atoms with Crippen LogP contribution in [0.4, 0.5) is 0 Å². The zero-order chi connectivity index (χ0) is 21.7. The molecule has 0 amide bonds. The largest absolute Gasteiger partial charge is 0.481 e. The molecule has 0 radical (unpaired) electrons. The molecule has 3 aromatic carbocycles. The van der Waals surface area contributed by atoms with E-state index in [1.807, 2.05) is 0 Å². The lowest BCUT2D eigenvalue weighted by Gasteiger charge is -2.58. The van der Waals surface area contributed by atoms with Gasteiger partial charge in [-0.15, -0.1) is 0 Å². The third-order valence-electron chi connectivity index (χ3n) is 8.27. The van der Waals surface area contributed by atoms with E-state index >= 15 is 0 Å². The second-order valence-electron chi connectivity index (χ2n) is 10.2. The second kappa shape index (κ2) is 7.81. The summed E-state index contributed by atoms with van der Waals surface area (Å²) < 4.78 is 0. The van der Waals surface area contributed by atoms with Gasteiger partial charge in [0, 0.05) is 0 Å². The van der Waals surface area contributed by atoms with E-state index in [0.717, 1.165) is 19.3 Å². The lowest BCUT2D eigenvalue weighted by molar-refractivity contribution is -0.166. The van der Waals surface area contributed by atoms with E-state index in [2.05, 4.69) is 84.9 Å². The number of benzene rings is 3. The molecule has 4 saturated carbocycles. The molecule has 0 spiro atoms. The van der Waals surface area contributed by atoms with Gasteiger partial charge in [-0.2, -0.15) is 10.9 Å². The van der Waals surface area contributed by atoms with Crippen molar-refractivity contribution in [2.24, 2.45) is 23.2 Å². The standard InChI is InChI=1S/C29H30O2S/c30-28(31)29-17-20-14-22(18-29)27(23(15-20)19-29)21-8-7-13-26(16-21)32(24-9-3-1-4-10-24)25-11-5-2-6-12-25/h1-13,16,20,22-23,27,32H,14-15,17-19H2,(H,30,31). The number of carboxylic acid groups (broad SMARTS) is 1. The Balaban J connectivity index is 1.39. The summed E-state index contributed by atoms with van der Waals surface area (Å²) >= 11 is 0. The summed E-state index contributed by atoms with van der Waals surface area (Å²) in [6.07, 6.45) is 5.08. The summed E-state index contributed by atoms with van der Waals surface area (Å²) in [4.78, 5) is 16.3. The summed E-state index contributed by atoms with van der Waals surface area (Å²) in [5.41, 5.74) is 1.00. The minimum Gasteiger partial charge on any atom is -0.481 e. The van der Waals surface area contributed by atoms with Crippen LogP contribution in [0.1, 0.15) is 43.6 Å². The van der Waals surface area contributed by atoms with Gasteiger partial charge in [0.25, 0.3) is 0 Å². The van der Waals surface area contributed by atoms with Gasteiger partial charge in [0.15, 0.2) is 0 Å². The Labute approximate surface area is 193 Å². The summed E-state index contributed by atoms with van der Waals surface area (Å²) in [7, 11) is -0.613. The Kier molecular flexibility index (Phi) is 4.91. The minimum atomic E-state index is -0.613. The van der Waals surface area contributed by atoms with Crippen molar-refractivity contribution in [3.63, 3.8) is 0 Å². The number of thiol groups is 1. The van der Waals surface area contributed by atoms with E-state index in [1.54, 1.807) is 0 Å². The molecule has 0 aromatic heterocycles. The maximum absolute atomic E-state index is 12.2. The first kappa shape index (κ1) is 20.1. The number of rotatable bonds is 5. The molecule has 0 heterocycles. The molecular weight excluding hydrogens is 412 g/mol. The predicted molar refractivity (Wildman–Crippen MR) is 129 cm³/mol. The van der Waals surface area contributed by atoms with Crippen molar-refractivity contribution in [2.75, 3.05) is 0 Å². The summed E-state index contributed by atoms with van der Waals surface area (Å²) in [6.45, 7) is 0. The first-order valence-electron chi connectivity index (χ1n) is 11.9. The van der Waals surface area contributed by atoms with Crippen molar-refractivity contribution < 1.29 is 9.90 Å². The van der Waals surface area contributed by atoms with Crippen molar-refractivity contribution in [3.8, 4) is 0 Å². The highest BCUT2D eigenvalue weighted by molar-refractivity contribution is 8.17. The van der Waals surface area contributed by atoms with Crippen molar-refractivity contribution in [1.82, 2.24) is 0 Å². The molecule has 1 N–H and O–H groups in total. The van der Waals surface area contributed by atoms with Gasteiger partial charge in [0.1, 0.15) is 0 Å². The molecule has 3 heteroatoms. The van der Waals surface area contributed by atoms with Gasteiger partial charge in [0.05, 0.1) is 5.41 Å². The molecule has 164 valence electrons. The molecule has 32 heavy (non-hydrogen) atoms. The van der Waals surface area contributed by atoms with Crippen molar-refractivity contribution in [2.45, 2.75) is 52.7 Å². The molecular formula is C29H30O2S. The average Bonchev–Trinajstić information content (AvgIpc) is 2.80. The van der Waals surface area contributed by atoms with Crippen LogP contribution < -0.4 is 0 Å². The van der Waals surface area contributed by atoms with Gasteiger partial charge in [-0.1, -0.05) is 48.5 Å². The highest BCUT2D eigenvalue weighted by Gasteiger charge is 2.58. The number of aliphatic carboxylic acids is 1. The fraction of sp³-hybridized carbons (Fsp3) is 0.345. The van der Waals surface area contributed by atoms with Crippen LogP contribution in [-0.2, 0) is 4.79 Å². The van der Waals surface area contributed by atoms with Crippen LogP contribution in [0.3, 0.4) is 0 Å². The van der Waals surface area contributed by atoms with E-state index in [0.29, 0.717) is 23.7 Å².